The first-order chi connectivity index (χ1) is 29.9. The van der Waals surface area contributed by atoms with E-state index in [2.05, 4.69) is 226 Å². The van der Waals surface area contributed by atoms with Gasteiger partial charge < -0.3 is 9.32 Å². The molecule has 0 radical (unpaired) electrons. The Bertz CT molecular complexity index is 3310. The first-order valence-corrected chi connectivity index (χ1v) is 21.3. The second-order valence-corrected chi connectivity index (χ2v) is 17.2. The van der Waals surface area contributed by atoms with E-state index in [0.717, 1.165) is 50.1 Å². The molecule has 0 unspecified atom stereocenters. The van der Waals surface area contributed by atoms with Crippen molar-refractivity contribution in [1.29, 1.82) is 0 Å². The van der Waals surface area contributed by atoms with Gasteiger partial charge in [-0.1, -0.05) is 184 Å². The van der Waals surface area contributed by atoms with Gasteiger partial charge in [0.25, 0.3) is 0 Å². The lowest BCUT2D eigenvalue weighted by atomic mass is 9.68. The predicted molar refractivity (Wildman–Crippen MR) is 253 cm³/mol. The van der Waals surface area contributed by atoms with Crippen LogP contribution in [0, 0.1) is 6.92 Å². The molecule has 0 bridgehead atoms. The number of anilines is 3. The maximum atomic E-state index is 6.55. The van der Waals surface area contributed by atoms with Crippen molar-refractivity contribution in [1.82, 2.24) is 0 Å². The Morgan fingerprint density at radius 2 is 1.03 bits per heavy atom. The van der Waals surface area contributed by atoms with Gasteiger partial charge in [-0.05, 0) is 105 Å². The SMILES string of the molecule is Cc1cc(-c2cccc3c2oc2ccccc23)ccc1N(c1ccc2c(c1)C(C)(C)c1ccccc1-2)c1cccc2c1-c1ccccc1C2(c1ccccc1)c1ccccc1. The van der Waals surface area contributed by atoms with Gasteiger partial charge in [-0.15, -0.1) is 0 Å². The summed E-state index contributed by atoms with van der Waals surface area (Å²) < 4.78 is 6.55. The molecular formula is C59H43NO. The van der Waals surface area contributed by atoms with Crippen LogP contribution in [0.2, 0.25) is 0 Å². The van der Waals surface area contributed by atoms with Crippen LogP contribution in [0.5, 0.6) is 0 Å². The van der Waals surface area contributed by atoms with Crippen molar-refractivity contribution in [3.05, 3.63) is 245 Å². The number of furan rings is 1. The highest BCUT2D eigenvalue weighted by Gasteiger charge is 2.47. The summed E-state index contributed by atoms with van der Waals surface area (Å²) in [6.07, 6.45) is 0. The summed E-state index contributed by atoms with van der Waals surface area (Å²) in [5, 5.41) is 2.28. The molecule has 1 aromatic heterocycles. The predicted octanol–water partition coefficient (Wildman–Crippen LogP) is 15.7. The minimum Gasteiger partial charge on any atom is -0.455 e. The molecule has 2 aliphatic rings. The summed E-state index contributed by atoms with van der Waals surface area (Å²) in [5.41, 5.74) is 21.0. The Balaban J connectivity index is 1.12. The smallest absolute Gasteiger partial charge is 0.143 e. The fourth-order valence-electron chi connectivity index (χ4n) is 10.9. The van der Waals surface area contributed by atoms with Gasteiger partial charge >= 0.3 is 0 Å². The third-order valence-electron chi connectivity index (χ3n) is 13.7. The molecule has 2 heteroatoms. The molecule has 0 atom stereocenters. The summed E-state index contributed by atoms with van der Waals surface area (Å²) in [6, 6.07) is 76.0. The van der Waals surface area contributed by atoms with Crippen LogP contribution >= 0.6 is 0 Å². The number of nitrogens with zero attached hydrogens (tertiary/aromatic N) is 1. The standard InChI is InChI=1S/C59H43NO/c1-38-36-39(43-25-16-26-47-46-23-12-15-31-55(46)61-57(43)47)32-35-53(38)60(42-33-34-45-44-22-10-13-27-49(44)58(2,3)52(45)37-42)54-30-17-29-51-56(54)48-24-11-14-28-50(48)59(51,40-18-6-4-7-19-40)41-20-8-5-9-21-41/h4-37H,1-3H3. The molecule has 0 N–H and O–H groups in total. The first-order valence-electron chi connectivity index (χ1n) is 21.3. The van der Waals surface area contributed by atoms with Crippen LogP contribution in [0.25, 0.3) is 55.3 Å². The third kappa shape index (κ3) is 5.03. The van der Waals surface area contributed by atoms with Crippen LogP contribution in [-0.4, -0.2) is 0 Å². The molecular weight excluding hydrogens is 739 g/mol. The second kappa shape index (κ2) is 13.3. The lowest BCUT2D eigenvalue weighted by Gasteiger charge is -2.35. The van der Waals surface area contributed by atoms with Crippen molar-refractivity contribution in [2.24, 2.45) is 0 Å². The van der Waals surface area contributed by atoms with Gasteiger partial charge in [0.1, 0.15) is 11.2 Å². The number of aryl methyl sites for hydroxylation is 1. The van der Waals surface area contributed by atoms with Gasteiger partial charge in [-0.3, -0.25) is 0 Å². The van der Waals surface area contributed by atoms with Gasteiger partial charge in [0.2, 0.25) is 0 Å². The molecule has 61 heavy (non-hydrogen) atoms. The van der Waals surface area contributed by atoms with E-state index in [1.807, 2.05) is 6.07 Å². The summed E-state index contributed by atoms with van der Waals surface area (Å²) in [6.45, 7) is 7.00. The van der Waals surface area contributed by atoms with Crippen LogP contribution in [-0.2, 0) is 10.8 Å². The molecule has 0 saturated heterocycles. The molecule has 0 spiro atoms. The molecule has 12 rings (SSSR count). The molecule has 2 nitrogen and oxygen atoms in total. The summed E-state index contributed by atoms with van der Waals surface area (Å²) in [7, 11) is 0. The number of benzene rings is 9. The molecule has 0 fully saturated rings. The Morgan fingerprint density at radius 3 is 1.80 bits per heavy atom. The van der Waals surface area contributed by atoms with Crippen molar-refractivity contribution in [3.63, 3.8) is 0 Å². The summed E-state index contributed by atoms with van der Waals surface area (Å²) in [4.78, 5) is 2.53. The quantitative estimate of drug-likeness (QED) is 0.167. The van der Waals surface area contributed by atoms with E-state index >= 15 is 0 Å². The molecule has 9 aromatic carbocycles. The molecule has 1 heterocycles. The fraction of sp³-hybridized carbons (Fsp3) is 0.0847. The van der Waals surface area contributed by atoms with Gasteiger partial charge in [0.15, 0.2) is 0 Å². The monoisotopic (exact) mass is 781 g/mol. The van der Waals surface area contributed by atoms with Crippen LogP contribution in [0.4, 0.5) is 17.1 Å². The van der Waals surface area contributed by atoms with E-state index in [4.69, 9.17) is 4.42 Å². The van der Waals surface area contributed by atoms with Crippen LogP contribution < -0.4 is 4.90 Å². The average Bonchev–Trinajstić information content (AvgIpc) is 3.92. The van der Waals surface area contributed by atoms with E-state index < -0.39 is 5.41 Å². The average molecular weight is 782 g/mol. The maximum Gasteiger partial charge on any atom is 0.143 e. The second-order valence-electron chi connectivity index (χ2n) is 17.2. The lowest BCUT2D eigenvalue weighted by Crippen LogP contribution is -2.28. The van der Waals surface area contributed by atoms with Crippen molar-refractivity contribution < 1.29 is 4.42 Å². The number of fused-ring (bicyclic) bond motifs is 9. The zero-order valence-corrected chi connectivity index (χ0v) is 34.5. The van der Waals surface area contributed by atoms with Gasteiger partial charge in [0.05, 0.1) is 11.1 Å². The molecule has 0 aliphatic heterocycles. The number of hydrogen-bond donors (Lipinski definition) is 0. The largest absolute Gasteiger partial charge is 0.455 e. The van der Waals surface area contributed by atoms with Crippen molar-refractivity contribution >= 4 is 39.0 Å². The van der Waals surface area contributed by atoms with Crippen LogP contribution in [0.3, 0.4) is 0 Å². The maximum absolute atomic E-state index is 6.55. The summed E-state index contributed by atoms with van der Waals surface area (Å²) >= 11 is 0. The van der Waals surface area contributed by atoms with Gasteiger partial charge in [0, 0.05) is 38.7 Å². The topological polar surface area (TPSA) is 16.4 Å². The first kappa shape index (κ1) is 35.5. The van der Waals surface area contributed by atoms with Gasteiger partial charge in [-0.25, -0.2) is 0 Å². The highest BCUT2D eigenvalue weighted by atomic mass is 16.3. The van der Waals surface area contributed by atoms with E-state index in [1.165, 1.54) is 61.2 Å². The van der Waals surface area contributed by atoms with E-state index in [-0.39, 0.29) is 5.41 Å². The number of rotatable bonds is 6. The molecule has 2 aliphatic carbocycles. The molecule has 0 amide bonds. The Kier molecular flexibility index (Phi) is 7.74. The Labute approximate surface area is 357 Å². The van der Waals surface area contributed by atoms with Crippen LogP contribution in [0.1, 0.15) is 52.8 Å². The number of para-hydroxylation sites is 2. The Morgan fingerprint density at radius 1 is 0.426 bits per heavy atom. The van der Waals surface area contributed by atoms with E-state index in [0.29, 0.717) is 0 Å². The van der Waals surface area contributed by atoms with Gasteiger partial charge in [-0.2, -0.15) is 0 Å². The third-order valence-corrected chi connectivity index (χ3v) is 13.7. The van der Waals surface area contributed by atoms with Crippen molar-refractivity contribution in [3.8, 4) is 33.4 Å². The van der Waals surface area contributed by atoms with E-state index in [1.54, 1.807) is 0 Å². The van der Waals surface area contributed by atoms with E-state index in [9.17, 15) is 0 Å². The zero-order valence-electron chi connectivity index (χ0n) is 34.5. The van der Waals surface area contributed by atoms with Crippen molar-refractivity contribution in [2.75, 3.05) is 4.90 Å². The lowest BCUT2D eigenvalue weighted by molar-refractivity contribution is 0.660. The Hall–Kier alpha value is -7.42. The molecule has 0 saturated carbocycles. The fourth-order valence-corrected chi connectivity index (χ4v) is 10.9. The minimum absolute atomic E-state index is 0.154. The molecule has 290 valence electrons. The molecule has 10 aromatic rings. The minimum atomic E-state index is -0.512. The normalized spacial score (nSPS) is 14.1. The van der Waals surface area contributed by atoms with Crippen LogP contribution in [0.15, 0.2) is 211 Å². The highest BCUT2D eigenvalue weighted by Crippen LogP contribution is 2.60. The highest BCUT2D eigenvalue weighted by molar-refractivity contribution is 6.09. The summed E-state index contributed by atoms with van der Waals surface area (Å²) in [5.74, 6) is 0. The van der Waals surface area contributed by atoms with Crippen molar-refractivity contribution in [2.45, 2.75) is 31.6 Å². The number of hydrogen-bond acceptors (Lipinski definition) is 2. The zero-order chi connectivity index (χ0) is 40.9.